The van der Waals surface area contributed by atoms with Gasteiger partial charge in [-0.15, -0.1) is 0 Å². The van der Waals surface area contributed by atoms with Gasteiger partial charge in [-0.3, -0.25) is 0 Å². The first-order chi connectivity index (χ1) is 10.8. The molecule has 0 unspecified atom stereocenters. The van der Waals surface area contributed by atoms with Gasteiger partial charge in [-0.2, -0.15) is 0 Å². The molecule has 0 aliphatic heterocycles. The first-order valence-electron chi connectivity index (χ1n) is 7.68. The smallest absolute Gasteiger partial charge is 0.407 e. The number of carbonyl (C=O) groups excluding carboxylic acids is 2. The fourth-order valence-corrected chi connectivity index (χ4v) is 2.44. The highest BCUT2D eigenvalue weighted by molar-refractivity contribution is 6.66. The molecule has 0 radical (unpaired) electrons. The quantitative estimate of drug-likeness (QED) is 0.252. The number of unbranched alkanes of at least 4 members (excludes halogenated alkanes) is 3. The predicted octanol–water partition coefficient (Wildman–Crippen LogP) is 2.30. The standard InChI is InChI=1S/C15H29NO6Si/c1-13(2)14(17)21-10-8-6-7-9-11-22-15(18)16-12-23(5,19-3)20-4/h1,6-12H2,2-5H3,(H,16,18). The van der Waals surface area contributed by atoms with Crippen LogP contribution < -0.4 is 5.32 Å². The molecule has 0 aromatic heterocycles. The van der Waals surface area contributed by atoms with Gasteiger partial charge in [0.2, 0.25) is 0 Å². The zero-order valence-electron chi connectivity index (χ0n) is 14.6. The number of hydrogen-bond donors (Lipinski definition) is 1. The van der Waals surface area contributed by atoms with E-state index in [0.29, 0.717) is 25.0 Å². The minimum atomic E-state index is -2.31. The maximum Gasteiger partial charge on any atom is 0.407 e. The minimum Gasteiger partial charge on any atom is -0.462 e. The van der Waals surface area contributed by atoms with E-state index in [1.165, 1.54) is 0 Å². The van der Waals surface area contributed by atoms with Crippen LogP contribution >= 0.6 is 0 Å². The molecule has 1 N–H and O–H groups in total. The normalized spacial score (nSPS) is 11.0. The van der Waals surface area contributed by atoms with Crippen molar-refractivity contribution in [3.63, 3.8) is 0 Å². The molecule has 0 saturated carbocycles. The molecule has 0 aromatic rings. The summed E-state index contributed by atoms with van der Waals surface area (Å²) in [4.78, 5) is 22.6. The average Bonchev–Trinajstić information content (AvgIpc) is 2.54. The van der Waals surface area contributed by atoms with E-state index in [2.05, 4.69) is 11.9 Å². The molecular formula is C15H29NO6Si. The van der Waals surface area contributed by atoms with Gasteiger partial charge < -0.3 is 23.6 Å². The van der Waals surface area contributed by atoms with Crippen LogP contribution in [-0.4, -0.2) is 54.2 Å². The summed E-state index contributed by atoms with van der Waals surface area (Å²) in [5.74, 6) is -0.354. The molecule has 0 aliphatic carbocycles. The summed E-state index contributed by atoms with van der Waals surface area (Å²) in [6.45, 7) is 7.73. The van der Waals surface area contributed by atoms with Crippen LogP contribution in [0.5, 0.6) is 0 Å². The highest BCUT2D eigenvalue weighted by atomic mass is 28.4. The highest BCUT2D eigenvalue weighted by Gasteiger charge is 2.29. The van der Waals surface area contributed by atoms with Crippen LogP contribution in [0.1, 0.15) is 32.6 Å². The Morgan fingerprint density at radius 2 is 1.52 bits per heavy atom. The van der Waals surface area contributed by atoms with Gasteiger partial charge in [0, 0.05) is 19.8 Å². The van der Waals surface area contributed by atoms with Crippen molar-refractivity contribution in [1.82, 2.24) is 5.32 Å². The van der Waals surface area contributed by atoms with Gasteiger partial charge in [0.15, 0.2) is 0 Å². The topological polar surface area (TPSA) is 83.1 Å². The van der Waals surface area contributed by atoms with Gasteiger partial charge in [-0.05, 0) is 39.2 Å². The molecule has 0 aliphatic rings. The number of nitrogens with one attached hydrogen (secondary N) is 1. The van der Waals surface area contributed by atoms with E-state index in [1.54, 1.807) is 21.1 Å². The lowest BCUT2D eigenvalue weighted by Gasteiger charge is -2.22. The maximum atomic E-state index is 11.5. The van der Waals surface area contributed by atoms with Gasteiger partial charge in [0.05, 0.1) is 19.4 Å². The molecule has 0 bridgehead atoms. The Morgan fingerprint density at radius 3 is 2.00 bits per heavy atom. The fourth-order valence-electron chi connectivity index (χ4n) is 1.52. The molecule has 0 atom stereocenters. The third kappa shape index (κ3) is 10.9. The lowest BCUT2D eigenvalue weighted by atomic mass is 10.2. The molecule has 8 heteroatoms. The first kappa shape index (κ1) is 21.6. The summed E-state index contributed by atoms with van der Waals surface area (Å²) in [6.07, 6.45) is 3.25. The summed E-state index contributed by atoms with van der Waals surface area (Å²) in [5.41, 5.74) is 0.408. The monoisotopic (exact) mass is 347 g/mol. The van der Waals surface area contributed by atoms with Crippen LogP contribution in [-0.2, 0) is 23.1 Å². The average molecular weight is 347 g/mol. The van der Waals surface area contributed by atoms with Crippen molar-refractivity contribution >= 4 is 20.6 Å². The van der Waals surface area contributed by atoms with Crippen LogP contribution in [0.2, 0.25) is 6.55 Å². The number of amides is 1. The van der Waals surface area contributed by atoms with Crippen molar-refractivity contribution < 1.29 is 27.9 Å². The molecule has 0 saturated heterocycles. The zero-order valence-corrected chi connectivity index (χ0v) is 15.6. The third-order valence-corrected chi connectivity index (χ3v) is 5.82. The minimum absolute atomic E-state index is 0.340. The predicted molar refractivity (Wildman–Crippen MR) is 89.2 cm³/mol. The zero-order chi connectivity index (χ0) is 17.7. The molecule has 1 amide bonds. The highest BCUT2D eigenvalue weighted by Crippen LogP contribution is 2.03. The maximum absolute atomic E-state index is 11.5. The van der Waals surface area contributed by atoms with Gasteiger partial charge in [-0.1, -0.05) is 6.58 Å². The van der Waals surface area contributed by atoms with Crippen molar-refractivity contribution in [1.29, 1.82) is 0 Å². The lowest BCUT2D eigenvalue weighted by molar-refractivity contribution is -0.139. The second-order valence-corrected chi connectivity index (χ2v) is 8.80. The van der Waals surface area contributed by atoms with Crippen LogP contribution in [0, 0.1) is 0 Å². The van der Waals surface area contributed by atoms with E-state index in [-0.39, 0.29) is 5.97 Å². The Kier molecular flexibility index (Phi) is 11.4. The van der Waals surface area contributed by atoms with Crippen molar-refractivity contribution in [3.05, 3.63) is 12.2 Å². The number of hydrogen-bond acceptors (Lipinski definition) is 6. The van der Waals surface area contributed by atoms with Crippen LogP contribution in [0.15, 0.2) is 12.2 Å². The van der Waals surface area contributed by atoms with Crippen LogP contribution in [0.4, 0.5) is 4.79 Å². The van der Waals surface area contributed by atoms with E-state index in [0.717, 1.165) is 25.7 Å². The number of alkyl carbamates (subject to hydrolysis) is 1. The van der Waals surface area contributed by atoms with Gasteiger partial charge in [0.1, 0.15) is 0 Å². The van der Waals surface area contributed by atoms with E-state index in [4.69, 9.17) is 18.3 Å². The summed E-state index contributed by atoms with van der Waals surface area (Å²) in [7, 11) is 0.825. The Morgan fingerprint density at radius 1 is 1.00 bits per heavy atom. The fraction of sp³-hybridized carbons (Fsp3) is 0.733. The molecular weight excluding hydrogens is 318 g/mol. The molecule has 0 rings (SSSR count). The van der Waals surface area contributed by atoms with Crippen LogP contribution in [0.3, 0.4) is 0 Å². The van der Waals surface area contributed by atoms with E-state index in [1.807, 2.05) is 6.55 Å². The molecule has 0 heterocycles. The largest absolute Gasteiger partial charge is 0.462 e. The third-order valence-electron chi connectivity index (χ3n) is 3.27. The number of carbonyl (C=O) groups is 2. The summed E-state index contributed by atoms with van der Waals surface area (Å²) >= 11 is 0. The van der Waals surface area contributed by atoms with Gasteiger partial charge in [-0.25, -0.2) is 9.59 Å². The van der Waals surface area contributed by atoms with Crippen molar-refractivity contribution in [3.8, 4) is 0 Å². The molecule has 0 fully saturated rings. The van der Waals surface area contributed by atoms with E-state index < -0.39 is 14.7 Å². The van der Waals surface area contributed by atoms with Crippen LogP contribution in [0.25, 0.3) is 0 Å². The Labute approximate surface area is 139 Å². The summed E-state index contributed by atoms with van der Waals surface area (Å²) in [5, 5.41) is 2.64. The molecule has 0 spiro atoms. The van der Waals surface area contributed by atoms with Crippen molar-refractivity contribution in [2.75, 3.05) is 33.6 Å². The number of esters is 1. The van der Waals surface area contributed by atoms with E-state index >= 15 is 0 Å². The van der Waals surface area contributed by atoms with Crippen molar-refractivity contribution in [2.45, 2.75) is 39.2 Å². The molecule has 0 aromatic carbocycles. The SMILES string of the molecule is C=C(C)C(=O)OCCCCCCOC(=O)NC[Si](C)(OC)OC. The second kappa shape index (κ2) is 12.1. The summed E-state index contributed by atoms with van der Waals surface area (Å²) < 4.78 is 20.6. The van der Waals surface area contributed by atoms with Gasteiger partial charge >= 0.3 is 20.6 Å². The van der Waals surface area contributed by atoms with E-state index in [9.17, 15) is 9.59 Å². The van der Waals surface area contributed by atoms with Gasteiger partial charge in [0.25, 0.3) is 0 Å². The second-order valence-electron chi connectivity index (χ2n) is 5.36. The molecule has 134 valence electrons. The first-order valence-corrected chi connectivity index (χ1v) is 10.2. The Hall–Kier alpha value is -1.38. The number of ether oxygens (including phenoxy) is 2. The lowest BCUT2D eigenvalue weighted by Crippen LogP contribution is -2.48. The molecule has 23 heavy (non-hydrogen) atoms. The Balaban J connectivity index is 3.53. The molecule has 7 nitrogen and oxygen atoms in total. The number of rotatable bonds is 12. The van der Waals surface area contributed by atoms with Crippen molar-refractivity contribution in [2.24, 2.45) is 0 Å². The summed E-state index contributed by atoms with van der Waals surface area (Å²) in [6, 6.07) is 0. The Bertz CT molecular complexity index is 384.